The Morgan fingerprint density at radius 2 is 2.12 bits per heavy atom. The summed E-state index contributed by atoms with van der Waals surface area (Å²) in [6.45, 7) is 4.26. The molecule has 1 aromatic heterocycles. The van der Waals surface area contributed by atoms with Gasteiger partial charge < -0.3 is 14.8 Å². The molecule has 3 atom stereocenters. The van der Waals surface area contributed by atoms with Crippen molar-refractivity contribution in [3.05, 3.63) is 30.1 Å². The Hall–Kier alpha value is -0.970. The lowest BCUT2D eigenvalue weighted by Crippen LogP contribution is -2.48. The molecule has 0 bridgehead atoms. The zero-order valence-corrected chi connectivity index (χ0v) is 10.4. The summed E-state index contributed by atoms with van der Waals surface area (Å²) in [4.78, 5) is 4.05. The van der Waals surface area contributed by atoms with Crippen LogP contribution in [0.1, 0.15) is 18.4 Å². The summed E-state index contributed by atoms with van der Waals surface area (Å²) >= 11 is 0. The van der Waals surface area contributed by atoms with E-state index in [-0.39, 0.29) is 12.1 Å². The van der Waals surface area contributed by atoms with E-state index in [1.54, 1.807) is 0 Å². The second-order valence-electron chi connectivity index (χ2n) is 4.37. The lowest BCUT2D eigenvalue weighted by molar-refractivity contribution is -0.103. The number of ether oxygens (including phenoxy) is 2. The lowest BCUT2D eigenvalue weighted by atomic mass is 9.90. The zero-order valence-electron chi connectivity index (χ0n) is 10.4. The molecule has 1 aliphatic heterocycles. The van der Waals surface area contributed by atoms with Crippen LogP contribution in [-0.4, -0.2) is 44.0 Å². The topological polar surface area (TPSA) is 43.4 Å². The van der Waals surface area contributed by atoms with Crippen molar-refractivity contribution in [2.24, 2.45) is 0 Å². The molecule has 17 heavy (non-hydrogen) atoms. The number of likely N-dealkylation sites (N-methyl/N-ethyl adjacent to an activating group) is 1. The fourth-order valence-electron chi connectivity index (χ4n) is 2.35. The van der Waals surface area contributed by atoms with Gasteiger partial charge in [-0.2, -0.15) is 0 Å². The van der Waals surface area contributed by atoms with Gasteiger partial charge in [-0.05, 0) is 30.7 Å². The Kier molecular flexibility index (Phi) is 4.48. The highest BCUT2D eigenvalue weighted by atomic mass is 16.6. The second kappa shape index (κ2) is 6.10. The minimum absolute atomic E-state index is 0.122. The first-order valence-corrected chi connectivity index (χ1v) is 6.09. The Bertz CT molecular complexity index is 325. The molecule has 0 saturated carbocycles. The maximum absolute atomic E-state index is 5.77. The summed E-state index contributed by atoms with van der Waals surface area (Å²) in [5.74, 6) is 0.370. The first-order valence-electron chi connectivity index (χ1n) is 6.09. The molecule has 0 aliphatic carbocycles. The number of pyridine rings is 1. The van der Waals surface area contributed by atoms with Crippen LogP contribution in [0.4, 0.5) is 0 Å². The van der Waals surface area contributed by atoms with Crippen molar-refractivity contribution in [2.75, 3.05) is 26.9 Å². The monoisotopic (exact) mass is 236 g/mol. The smallest absolute Gasteiger partial charge is 0.0967 e. The minimum atomic E-state index is 0.122. The third-order valence-electron chi connectivity index (χ3n) is 3.35. The largest absolute Gasteiger partial charge is 0.376 e. The van der Waals surface area contributed by atoms with Gasteiger partial charge in [0.05, 0.1) is 25.9 Å². The van der Waals surface area contributed by atoms with E-state index >= 15 is 0 Å². The highest BCUT2D eigenvalue weighted by Gasteiger charge is 2.29. The summed E-state index contributed by atoms with van der Waals surface area (Å²) < 4.78 is 11.2. The molecule has 0 radical (unpaired) electrons. The second-order valence-corrected chi connectivity index (χ2v) is 4.37. The molecule has 1 aromatic rings. The van der Waals surface area contributed by atoms with E-state index in [0.29, 0.717) is 25.7 Å². The van der Waals surface area contributed by atoms with Gasteiger partial charge in [0, 0.05) is 18.4 Å². The molecule has 3 unspecified atom stereocenters. The molecule has 0 spiro atoms. The van der Waals surface area contributed by atoms with Gasteiger partial charge in [0.15, 0.2) is 0 Å². The first kappa shape index (κ1) is 12.5. The van der Waals surface area contributed by atoms with Gasteiger partial charge in [-0.15, -0.1) is 0 Å². The summed E-state index contributed by atoms with van der Waals surface area (Å²) in [5.41, 5.74) is 1.27. The van der Waals surface area contributed by atoms with Crippen LogP contribution in [0.3, 0.4) is 0 Å². The van der Waals surface area contributed by atoms with E-state index in [2.05, 4.69) is 29.4 Å². The lowest BCUT2D eigenvalue weighted by Gasteiger charge is -2.34. The quantitative estimate of drug-likeness (QED) is 0.852. The number of aromatic nitrogens is 1. The fraction of sp³-hybridized carbons (Fsp3) is 0.615. The van der Waals surface area contributed by atoms with E-state index in [4.69, 9.17) is 9.47 Å². The summed E-state index contributed by atoms with van der Waals surface area (Å²) in [5, 5.41) is 3.34. The Labute approximate surface area is 102 Å². The zero-order chi connectivity index (χ0) is 12.1. The van der Waals surface area contributed by atoms with Gasteiger partial charge in [0.25, 0.3) is 0 Å². The van der Waals surface area contributed by atoms with Crippen LogP contribution in [-0.2, 0) is 9.47 Å². The predicted octanol–water partition coefficient (Wildman–Crippen LogP) is 1.19. The van der Waals surface area contributed by atoms with Crippen molar-refractivity contribution in [2.45, 2.75) is 25.0 Å². The number of hydrogen-bond donors (Lipinski definition) is 1. The van der Waals surface area contributed by atoms with Crippen LogP contribution < -0.4 is 5.32 Å². The molecule has 1 N–H and O–H groups in total. The third kappa shape index (κ3) is 3.03. The number of nitrogens with zero attached hydrogens (tertiary/aromatic N) is 1. The Morgan fingerprint density at radius 3 is 2.71 bits per heavy atom. The van der Waals surface area contributed by atoms with Crippen LogP contribution in [0.15, 0.2) is 24.5 Å². The Morgan fingerprint density at radius 1 is 1.35 bits per heavy atom. The van der Waals surface area contributed by atoms with Crippen LogP contribution in [0, 0.1) is 0 Å². The van der Waals surface area contributed by atoms with Gasteiger partial charge in [-0.25, -0.2) is 0 Å². The van der Waals surface area contributed by atoms with Crippen molar-refractivity contribution in [1.29, 1.82) is 0 Å². The highest BCUT2D eigenvalue weighted by molar-refractivity contribution is 5.17. The normalized spacial score (nSPS) is 24.2. The van der Waals surface area contributed by atoms with Crippen LogP contribution in [0.5, 0.6) is 0 Å². The van der Waals surface area contributed by atoms with E-state index in [0.717, 1.165) is 0 Å². The van der Waals surface area contributed by atoms with E-state index in [1.165, 1.54) is 5.56 Å². The molecule has 1 aliphatic rings. The van der Waals surface area contributed by atoms with Crippen LogP contribution >= 0.6 is 0 Å². The van der Waals surface area contributed by atoms with Gasteiger partial charge in [-0.1, -0.05) is 6.92 Å². The van der Waals surface area contributed by atoms with Gasteiger partial charge in [0.1, 0.15) is 0 Å². The molecule has 2 heterocycles. The van der Waals surface area contributed by atoms with Crippen LogP contribution in [0.2, 0.25) is 0 Å². The average Bonchev–Trinajstić information content (AvgIpc) is 2.42. The van der Waals surface area contributed by atoms with Crippen molar-refractivity contribution < 1.29 is 9.47 Å². The SMILES string of the molecule is CNC(C1COCCO1)C(C)c1ccncc1. The molecular formula is C13H20N2O2. The summed E-state index contributed by atoms with van der Waals surface area (Å²) in [7, 11) is 1.97. The molecule has 0 aromatic carbocycles. The van der Waals surface area contributed by atoms with Crippen molar-refractivity contribution in [3.8, 4) is 0 Å². The van der Waals surface area contributed by atoms with Crippen molar-refractivity contribution in [1.82, 2.24) is 10.3 Å². The van der Waals surface area contributed by atoms with E-state index < -0.39 is 0 Å². The predicted molar refractivity (Wildman–Crippen MR) is 66.1 cm³/mol. The van der Waals surface area contributed by atoms with Gasteiger partial charge in [-0.3, -0.25) is 4.98 Å². The molecular weight excluding hydrogens is 216 g/mol. The molecule has 1 fully saturated rings. The average molecular weight is 236 g/mol. The van der Waals surface area contributed by atoms with Crippen molar-refractivity contribution >= 4 is 0 Å². The number of nitrogens with one attached hydrogen (secondary N) is 1. The third-order valence-corrected chi connectivity index (χ3v) is 3.35. The first-order chi connectivity index (χ1) is 8.33. The molecule has 94 valence electrons. The molecule has 1 saturated heterocycles. The summed E-state index contributed by atoms with van der Waals surface area (Å²) in [6.07, 6.45) is 3.78. The fourth-order valence-corrected chi connectivity index (χ4v) is 2.35. The Balaban J connectivity index is 2.06. The minimum Gasteiger partial charge on any atom is -0.376 e. The maximum Gasteiger partial charge on any atom is 0.0967 e. The summed E-state index contributed by atoms with van der Waals surface area (Å²) in [6, 6.07) is 4.37. The van der Waals surface area contributed by atoms with Gasteiger partial charge >= 0.3 is 0 Å². The van der Waals surface area contributed by atoms with Gasteiger partial charge in [0.2, 0.25) is 0 Å². The standard InChI is InChI=1S/C13H20N2O2/c1-10(11-3-5-15-6-4-11)13(14-2)12-9-16-7-8-17-12/h3-6,10,12-14H,7-9H2,1-2H3. The molecule has 4 nitrogen and oxygen atoms in total. The van der Waals surface area contributed by atoms with E-state index in [9.17, 15) is 0 Å². The highest BCUT2D eigenvalue weighted by Crippen LogP contribution is 2.23. The molecule has 4 heteroatoms. The number of rotatable bonds is 4. The number of hydrogen-bond acceptors (Lipinski definition) is 4. The van der Waals surface area contributed by atoms with Crippen molar-refractivity contribution in [3.63, 3.8) is 0 Å². The van der Waals surface area contributed by atoms with Crippen LogP contribution in [0.25, 0.3) is 0 Å². The maximum atomic E-state index is 5.77. The van der Waals surface area contributed by atoms with E-state index in [1.807, 2.05) is 19.4 Å². The molecule has 2 rings (SSSR count). The molecule has 0 amide bonds.